The van der Waals surface area contributed by atoms with Crippen molar-refractivity contribution in [3.63, 3.8) is 0 Å². The molecule has 0 saturated heterocycles. The number of hydrogen-bond donors (Lipinski definition) is 6. The van der Waals surface area contributed by atoms with Crippen molar-refractivity contribution in [3.8, 4) is 0 Å². The molecule has 2 amide bonds. The van der Waals surface area contributed by atoms with E-state index in [1.807, 2.05) is 48.5 Å². The van der Waals surface area contributed by atoms with Gasteiger partial charge < -0.3 is 25.1 Å². The molecule has 0 aliphatic carbocycles. The number of hydrogen-bond acceptors (Lipinski definition) is 6. The highest BCUT2D eigenvalue weighted by Crippen LogP contribution is 2.16. The van der Waals surface area contributed by atoms with Gasteiger partial charge in [0.2, 0.25) is 0 Å². The van der Waals surface area contributed by atoms with Crippen LogP contribution < -0.4 is 21.3 Å². The Kier molecular flexibility index (Phi) is 19.7. The Balaban J connectivity index is 1.55. The molecule has 1 unspecified atom stereocenters. The molecule has 0 bridgehead atoms. The van der Waals surface area contributed by atoms with Crippen LogP contribution in [0.25, 0.3) is 0 Å². The molecule has 6 N–H and O–H groups in total. The number of aldehydes is 2. The third kappa shape index (κ3) is 17.7. The molecular formula is C36H54N4O6. The fourth-order valence-corrected chi connectivity index (χ4v) is 5.77. The van der Waals surface area contributed by atoms with E-state index >= 15 is 0 Å². The van der Waals surface area contributed by atoms with E-state index in [9.17, 15) is 29.4 Å². The molecular weight excluding hydrogens is 584 g/mol. The second kappa shape index (κ2) is 23.6. The minimum atomic E-state index is -1.67. The maximum absolute atomic E-state index is 11.8. The molecule has 10 nitrogen and oxygen atoms in total. The zero-order valence-corrected chi connectivity index (χ0v) is 27.1. The third-order valence-corrected chi connectivity index (χ3v) is 8.13. The van der Waals surface area contributed by atoms with E-state index in [2.05, 4.69) is 33.4 Å². The Labute approximate surface area is 274 Å². The quantitative estimate of drug-likeness (QED) is 0.0371. The minimum absolute atomic E-state index is 0.123. The van der Waals surface area contributed by atoms with E-state index < -0.39 is 24.0 Å². The van der Waals surface area contributed by atoms with Crippen LogP contribution in [-0.2, 0) is 22.4 Å². The Morgan fingerprint density at radius 3 is 1.39 bits per heavy atom. The summed E-state index contributed by atoms with van der Waals surface area (Å²) >= 11 is 0. The summed E-state index contributed by atoms with van der Waals surface area (Å²) < 4.78 is 0. The molecule has 254 valence electrons. The van der Waals surface area contributed by atoms with Crippen LogP contribution in [0.2, 0.25) is 0 Å². The van der Waals surface area contributed by atoms with Gasteiger partial charge in [-0.3, -0.25) is 16.0 Å². The van der Waals surface area contributed by atoms with Crippen LogP contribution in [0.4, 0.5) is 9.59 Å². The van der Waals surface area contributed by atoms with Gasteiger partial charge in [0.15, 0.2) is 5.79 Å². The van der Waals surface area contributed by atoms with Crippen LogP contribution in [0.1, 0.15) is 101 Å². The van der Waals surface area contributed by atoms with Gasteiger partial charge in [0.25, 0.3) is 0 Å². The summed E-state index contributed by atoms with van der Waals surface area (Å²) in [4.78, 5) is 46.4. The average molecular weight is 639 g/mol. The lowest BCUT2D eigenvalue weighted by molar-refractivity contribution is -0.110. The zero-order chi connectivity index (χ0) is 33.3. The largest absolute Gasteiger partial charge is 0.465 e. The molecule has 0 fully saturated rings. The van der Waals surface area contributed by atoms with Gasteiger partial charge in [-0.25, -0.2) is 9.59 Å². The summed E-state index contributed by atoms with van der Waals surface area (Å²) in [6, 6.07) is 18.4. The molecule has 0 spiro atoms. The number of carbonyl (C=O) groups excluding carboxylic acids is 2. The molecule has 10 heteroatoms. The van der Waals surface area contributed by atoms with Gasteiger partial charge in [0.1, 0.15) is 12.6 Å². The Bertz CT molecular complexity index is 1100. The summed E-state index contributed by atoms with van der Waals surface area (Å²) in [6.45, 7) is 0.868. The first-order chi connectivity index (χ1) is 22.4. The van der Waals surface area contributed by atoms with Crippen molar-refractivity contribution in [2.24, 2.45) is 0 Å². The highest BCUT2D eigenvalue weighted by Gasteiger charge is 2.35. The van der Waals surface area contributed by atoms with E-state index in [0.29, 0.717) is 19.1 Å². The fraction of sp³-hybridized carbons (Fsp3) is 0.556. The smallest absolute Gasteiger partial charge is 0.407 e. The standard InChI is InChI=1S/C36H54N4O6/c41-28-32(26-30-20-14-12-15-21-30)37-25-19-11-9-7-5-3-1-2-4-6-8-10-18-24-36(39-34(43)44,40-35(45)46)38-33(29-42)27-31-22-16-13-17-23-31/h12-17,20-23,28-29,32-33,37-40H,1-11,18-19,24-27H2,(H,43,44)(H,45,46)/t32?,33-/m0/s1. The molecule has 2 aromatic rings. The SMILES string of the molecule is O=CC(Cc1ccccc1)NCCCCCCCCCCCCCCCC(NC(=O)O)(NC(=O)O)N[C@H](C=O)Cc1ccccc1. The lowest BCUT2D eigenvalue weighted by atomic mass is 10.0. The summed E-state index contributed by atoms with van der Waals surface area (Å²) in [5.41, 5.74) is 2.05. The number of carbonyl (C=O) groups is 4. The van der Waals surface area contributed by atoms with Crippen LogP contribution in [0, 0.1) is 0 Å². The highest BCUT2D eigenvalue weighted by molar-refractivity contribution is 5.70. The highest BCUT2D eigenvalue weighted by atomic mass is 16.4. The van der Waals surface area contributed by atoms with Crippen molar-refractivity contribution in [1.82, 2.24) is 21.3 Å². The van der Waals surface area contributed by atoms with Gasteiger partial charge in [-0.05, 0) is 43.4 Å². The van der Waals surface area contributed by atoms with Crippen LogP contribution in [-0.4, -0.2) is 59.4 Å². The molecule has 0 aliphatic heterocycles. The van der Waals surface area contributed by atoms with Crippen molar-refractivity contribution < 1.29 is 29.4 Å². The van der Waals surface area contributed by atoms with Crippen molar-refractivity contribution in [2.45, 2.75) is 121 Å². The minimum Gasteiger partial charge on any atom is -0.465 e. The van der Waals surface area contributed by atoms with E-state index in [-0.39, 0.29) is 12.5 Å². The van der Waals surface area contributed by atoms with E-state index in [1.54, 1.807) is 0 Å². The van der Waals surface area contributed by atoms with Gasteiger partial charge in [-0.1, -0.05) is 131 Å². The van der Waals surface area contributed by atoms with Gasteiger partial charge in [0, 0.05) is 6.42 Å². The Morgan fingerprint density at radius 2 is 0.978 bits per heavy atom. The van der Waals surface area contributed by atoms with Gasteiger partial charge in [-0.2, -0.15) is 0 Å². The number of carboxylic acid groups (broad SMARTS) is 2. The second-order valence-corrected chi connectivity index (χ2v) is 12.1. The monoisotopic (exact) mass is 638 g/mol. The Morgan fingerprint density at radius 1 is 0.587 bits per heavy atom. The Hall–Kier alpha value is -3.76. The molecule has 0 radical (unpaired) electrons. The van der Waals surface area contributed by atoms with Crippen LogP contribution in [0.5, 0.6) is 0 Å². The van der Waals surface area contributed by atoms with Gasteiger partial charge in [-0.15, -0.1) is 0 Å². The molecule has 0 aliphatic rings. The number of amides is 2. The van der Waals surface area contributed by atoms with Crippen molar-refractivity contribution in [3.05, 3.63) is 71.8 Å². The number of benzene rings is 2. The number of nitrogens with one attached hydrogen (secondary N) is 4. The maximum atomic E-state index is 11.8. The molecule has 0 aromatic heterocycles. The van der Waals surface area contributed by atoms with Crippen LogP contribution in [0.3, 0.4) is 0 Å². The van der Waals surface area contributed by atoms with Crippen molar-refractivity contribution in [1.29, 1.82) is 0 Å². The van der Waals surface area contributed by atoms with Gasteiger partial charge >= 0.3 is 12.2 Å². The molecule has 46 heavy (non-hydrogen) atoms. The third-order valence-electron chi connectivity index (χ3n) is 8.13. The van der Waals surface area contributed by atoms with E-state index in [4.69, 9.17) is 0 Å². The first-order valence-corrected chi connectivity index (χ1v) is 16.9. The second-order valence-electron chi connectivity index (χ2n) is 12.1. The first-order valence-electron chi connectivity index (χ1n) is 16.9. The summed E-state index contributed by atoms with van der Waals surface area (Å²) in [6.07, 6.45) is 14.3. The molecule has 2 rings (SSSR count). The first kappa shape index (κ1) is 38.4. The number of rotatable bonds is 27. The number of unbranched alkanes of at least 4 members (excludes halogenated alkanes) is 12. The van der Waals surface area contributed by atoms with Crippen LogP contribution in [0.15, 0.2) is 60.7 Å². The molecule has 2 atom stereocenters. The fourth-order valence-electron chi connectivity index (χ4n) is 5.77. The molecule has 0 saturated carbocycles. The zero-order valence-electron chi connectivity index (χ0n) is 27.1. The van der Waals surface area contributed by atoms with Crippen LogP contribution >= 0.6 is 0 Å². The lowest BCUT2D eigenvalue weighted by Crippen LogP contribution is -2.71. The van der Waals surface area contributed by atoms with E-state index in [1.165, 1.54) is 50.5 Å². The normalized spacial score (nSPS) is 12.6. The summed E-state index contributed by atoms with van der Waals surface area (Å²) in [5.74, 6) is -1.67. The van der Waals surface area contributed by atoms with E-state index in [0.717, 1.165) is 56.9 Å². The summed E-state index contributed by atoms with van der Waals surface area (Å²) in [7, 11) is 0. The summed E-state index contributed by atoms with van der Waals surface area (Å²) in [5, 5.41) is 29.7. The van der Waals surface area contributed by atoms with Crippen molar-refractivity contribution >= 4 is 24.8 Å². The average Bonchev–Trinajstić information content (AvgIpc) is 3.04. The maximum Gasteiger partial charge on any atom is 0.407 e. The topological polar surface area (TPSA) is 157 Å². The van der Waals surface area contributed by atoms with Crippen molar-refractivity contribution in [2.75, 3.05) is 6.54 Å². The van der Waals surface area contributed by atoms with Gasteiger partial charge in [0.05, 0.1) is 12.1 Å². The predicted molar refractivity (Wildman–Crippen MR) is 181 cm³/mol. The lowest BCUT2D eigenvalue weighted by Gasteiger charge is -2.36. The molecule has 0 heterocycles. The predicted octanol–water partition coefficient (Wildman–Crippen LogP) is 6.44. The molecule has 2 aromatic carbocycles.